The van der Waals surface area contributed by atoms with Crippen LogP contribution in [0.25, 0.3) is 0 Å². The zero-order valence-electron chi connectivity index (χ0n) is 22.8. The van der Waals surface area contributed by atoms with E-state index in [1.54, 1.807) is 0 Å². The van der Waals surface area contributed by atoms with Crippen molar-refractivity contribution in [3.8, 4) is 0 Å². The number of carboxylic acids is 1. The molecule has 0 aromatic heterocycles. The number of piperidine rings is 1. The van der Waals surface area contributed by atoms with Gasteiger partial charge in [0.15, 0.2) is 9.84 Å². The molecule has 2 fully saturated rings. The van der Waals surface area contributed by atoms with Gasteiger partial charge in [-0.15, -0.1) is 0 Å². The van der Waals surface area contributed by atoms with Gasteiger partial charge in [-0.1, -0.05) is 18.2 Å². The van der Waals surface area contributed by atoms with Gasteiger partial charge in [-0.2, -0.15) is 26.3 Å². The van der Waals surface area contributed by atoms with Gasteiger partial charge in [0.25, 0.3) is 0 Å². The average Bonchev–Trinajstić information content (AvgIpc) is 3.37. The highest BCUT2D eigenvalue weighted by atomic mass is 32.2. The summed E-state index contributed by atoms with van der Waals surface area (Å²) in [6.45, 7) is -0.0174. The third kappa shape index (κ3) is 4.70. The standard InChI is InChI=1S/C28H26F8N2O5S/c29-19-3-5-20(6-4-19)44(42,43)25-11-14-38(24(41)37-12-9-16(10-13-37)23(39)40)22(25)8-1-17-15-18(2-7-21(17)25)26(30,27(31,32)33)28(34,35)36/h2-7,15-16,22H,1,8-14H2,(H,39,40)/t22-,25-/m1/s1. The van der Waals surface area contributed by atoms with Crippen LogP contribution in [0.4, 0.5) is 39.9 Å². The van der Waals surface area contributed by atoms with E-state index in [1.165, 1.54) is 9.80 Å². The van der Waals surface area contributed by atoms with Crippen LogP contribution in [0.1, 0.15) is 42.4 Å². The van der Waals surface area contributed by atoms with Gasteiger partial charge in [-0.3, -0.25) is 4.79 Å². The number of aliphatic carboxylic acids is 1. The SMILES string of the molecule is O=C(O)C1CCN(C(=O)N2CC[C@@]3(S(=O)(=O)c4ccc(F)cc4)c4ccc(C(F)(C(F)(F)F)C(F)(F)F)cc4CC[C@@H]23)CC1. The lowest BCUT2D eigenvalue weighted by molar-refractivity contribution is -0.348. The average molecular weight is 655 g/mol. The van der Waals surface area contributed by atoms with Gasteiger partial charge < -0.3 is 14.9 Å². The molecule has 16 heteroatoms. The molecule has 7 nitrogen and oxygen atoms in total. The van der Waals surface area contributed by atoms with E-state index in [1.807, 2.05) is 0 Å². The van der Waals surface area contributed by atoms with Crippen molar-refractivity contribution in [2.24, 2.45) is 5.92 Å². The zero-order valence-corrected chi connectivity index (χ0v) is 23.6. The largest absolute Gasteiger partial charge is 0.481 e. The molecule has 2 saturated heterocycles. The Hall–Kier alpha value is -3.43. The van der Waals surface area contributed by atoms with E-state index in [0.29, 0.717) is 6.07 Å². The van der Waals surface area contributed by atoms with Crippen LogP contribution in [0.15, 0.2) is 47.4 Å². The number of nitrogens with zero attached hydrogens (tertiary/aromatic N) is 2. The first-order chi connectivity index (χ1) is 20.4. The fourth-order valence-corrected chi connectivity index (χ4v) is 9.15. The number of likely N-dealkylation sites (tertiary alicyclic amines) is 2. The van der Waals surface area contributed by atoms with Crippen molar-refractivity contribution in [1.82, 2.24) is 9.80 Å². The number of alkyl halides is 7. The fourth-order valence-electron chi connectivity index (χ4n) is 6.78. The summed E-state index contributed by atoms with van der Waals surface area (Å²) in [7, 11) is -4.61. The maximum atomic E-state index is 15.0. The fraction of sp³-hybridized carbons (Fsp3) is 0.500. The molecule has 2 aromatic carbocycles. The summed E-state index contributed by atoms with van der Waals surface area (Å²) in [5.41, 5.74) is -7.91. The Kier molecular flexibility index (Phi) is 7.69. The highest BCUT2D eigenvalue weighted by Gasteiger charge is 2.74. The van der Waals surface area contributed by atoms with Crippen molar-refractivity contribution in [1.29, 1.82) is 0 Å². The van der Waals surface area contributed by atoms with Crippen LogP contribution in [-0.4, -0.2) is 73.4 Å². The van der Waals surface area contributed by atoms with Crippen molar-refractivity contribution < 1.29 is 58.2 Å². The van der Waals surface area contributed by atoms with Gasteiger partial charge in [0.1, 0.15) is 10.6 Å². The number of urea groups is 1. The number of amides is 2. The summed E-state index contributed by atoms with van der Waals surface area (Å²) in [5.74, 6) is -2.44. The predicted octanol–water partition coefficient (Wildman–Crippen LogP) is 5.72. The smallest absolute Gasteiger partial charge is 0.435 e. The van der Waals surface area contributed by atoms with E-state index in [-0.39, 0.29) is 73.8 Å². The molecule has 44 heavy (non-hydrogen) atoms. The first-order valence-corrected chi connectivity index (χ1v) is 15.1. The number of hydrogen-bond acceptors (Lipinski definition) is 4. The van der Waals surface area contributed by atoms with Crippen LogP contribution < -0.4 is 0 Å². The Morgan fingerprint density at radius 2 is 1.45 bits per heavy atom. The summed E-state index contributed by atoms with van der Waals surface area (Å²) in [4.78, 5) is 27.3. The van der Waals surface area contributed by atoms with Gasteiger partial charge in [-0.05, 0) is 67.5 Å². The first-order valence-electron chi connectivity index (χ1n) is 13.6. The number of aryl methyl sites for hydroxylation is 1. The van der Waals surface area contributed by atoms with Crippen LogP contribution in [-0.2, 0) is 31.5 Å². The number of carbonyl (C=O) groups is 2. The minimum Gasteiger partial charge on any atom is -0.481 e. The zero-order chi connectivity index (χ0) is 32.5. The number of halogens is 8. The molecule has 0 saturated carbocycles. The van der Waals surface area contributed by atoms with Gasteiger partial charge in [0.2, 0.25) is 0 Å². The molecule has 2 amide bonds. The molecule has 0 bridgehead atoms. The number of fused-ring (bicyclic) bond motifs is 3. The molecule has 5 rings (SSSR count). The number of benzene rings is 2. The van der Waals surface area contributed by atoms with Gasteiger partial charge >= 0.3 is 30.0 Å². The van der Waals surface area contributed by atoms with Gasteiger partial charge in [0, 0.05) is 25.2 Å². The van der Waals surface area contributed by atoms with E-state index >= 15 is 0 Å². The van der Waals surface area contributed by atoms with Gasteiger partial charge in [-0.25, -0.2) is 22.0 Å². The monoisotopic (exact) mass is 654 g/mol. The first kappa shape index (κ1) is 32.0. The van der Waals surface area contributed by atoms with Crippen LogP contribution in [0.2, 0.25) is 0 Å². The van der Waals surface area contributed by atoms with E-state index in [0.717, 1.165) is 30.3 Å². The van der Waals surface area contributed by atoms with Crippen LogP contribution >= 0.6 is 0 Å². The number of rotatable bonds is 4. The summed E-state index contributed by atoms with van der Waals surface area (Å²) in [6, 6.07) is 3.37. The second-order valence-corrected chi connectivity index (χ2v) is 13.5. The van der Waals surface area contributed by atoms with Crippen molar-refractivity contribution in [3.63, 3.8) is 0 Å². The molecule has 0 radical (unpaired) electrons. The molecule has 240 valence electrons. The van der Waals surface area contributed by atoms with E-state index < -0.39 is 67.9 Å². The van der Waals surface area contributed by atoms with E-state index in [9.17, 15) is 58.2 Å². The Balaban J connectivity index is 1.62. The molecule has 1 N–H and O–H groups in total. The molecule has 0 unspecified atom stereocenters. The third-order valence-electron chi connectivity index (χ3n) is 9.03. The van der Waals surface area contributed by atoms with Crippen LogP contribution in [0, 0.1) is 11.7 Å². The lowest BCUT2D eigenvalue weighted by Gasteiger charge is -2.44. The highest BCUT2D eigenvalue weighted by molar-refractivity contribution is 7.92. The summed E-state index contributed by atoms with van der Waals surface area (Å²) < 4.78 is 137. The molecule has 2 atom stereocenters. The Morgan fingerprint density at radius 3 is 2.00 bits per heavy atom. The lowest BCUT2D eigenvalue weighted by atomic mass is 9.77. The quantitative estimate of drug-likeness (QED) is 0.336. The Bertz CT molecular complexity index is 1560. The molecule has 2 aromatic rings. The lowest BCUT2D eigenvalue weighted by Crippen LogP contribution is -2.55. The van der Waals surface area contributed by atoms with E-state index in [2.05, 4.69) is 0 Å². The number of sulfone groups is 1. The van der Waals surface area contributed by atoms with Crippen molar-refractivity contribution in [2.45, 2.75) is 65.8 Å². The molecule has 2 aliphatic heterocycles. The van der Waals surface area contributed by atoms with Crippen molar-refractivity contribution >= 4 is 21.8 Å². The maximum Gasteiger partial charge on any atom is 0.435 e. The normalized spacial score (nSPS) is 23.3. The Morgan fingerprint density at radius 1 is 0.864 bits per heavy atom. The predicted molar refractivity (Wildman–Crippen MR) is 137 cm³/mol. The molecular weight excluding hydrogens is 628 g/mol. The third-order valence-corrected chi connectivity index (χ3v) is 11.6. The highest BCUT2D eigenvalue weighted by Crippen LogP contribution is 2.56. The maximum absolute atomic E-state index is 15.0. The number of hydrogen-bond donors (Lipinski definition) is 1. The molecule has 1 aliphatic carbocycles. The summed E-state index contributed by atoms with van der Waals surface area (Å²) in [6.07, 6.45) is -13.2. The minimum absolute atomic E-state index is 0.0736. The number of carbonyl (C=O) groups excluding carboxylic acids is 1. The van der Waals surface area contributed by atoms with Crippen LogP contribution in [0.5, 0.6) is 0 Å². The Labute approximate surface area is 246 Å². The molecular formula is C28H26F8N2O5S. The summed E-state index contributed by atoms with van der Waals surface area (Å²) >= 11 is 0. The minimum atomic E-state index is -6.38. The topological polar surface area (TPSA) is 95.0 Å². The second kappa shape index (κ2) is 10.6. The van der Waals surface area contributed by atoms with Crippen LogP contribution in [0.3, 0.4) is 0 Å². The molecule has 2 heterocycles. The van der Waals surface area contributed by atoms with Gasteiger partial charge in [0.05, 0.1) is 16.9 Å². The van der Waals surface area contributed by atoms with Crippen molar-refractivity contribution in [2.75, 3.05) is 19.6 Å². The molecule has 0 spiro atoms. The molecule has 3 aliphatic rings. The number of carboxylic acid groups (broad SMARTS) is 1. The van der Waals surface area contributed by atoms with Crippen molar-refractivity contribution in [3.05, 3.63) is 65.0 Å². The van der Waals surface area contributed by atoms with E-state index in [4.69, 9.17) is 0 Å². The summed E-state index contributed by atoms with van der Waals surface area (Å²) in [5, 5.41) is 9.28. The second-order valence-electron chi connectivity index (χ2n) is 11.3.